The van der Waals surface area contributed by atoms with Crippen molar-refractivity contribution in [3.8, 4) is 17.1 Å². The maximum atomic E-state index is 13.0. The zero-order chi connectivity index (χ0) is 22.8. The Balaban J connectivity index is 1.42. The lowest BCUT2D eigenvalue weighted by Gasteiger charge is -2.36. The molecule has 1 aromatic carbocycles. The third-order valence-corrected chi connectivity index (χ3v) is 6.45. The molecule has 1 aliphatic heterocycles. The fraction of sp³-hybridized carbons (Fsp3) is 0.348. The van der Waals surface area contributed by atoms with Crippen LogP contribution in [0, 0.1) is 13.8 Å². The topological polar surface area (TPSA) is 63.5 Å². The molecule has 1 saturated heterocycles. The third kappa shape index (κ3) is 4.54. The summed E-state index contributed by atoms with van der Waals surface area (Å²) in [6.45, 7) is 6.65. The van der Waals surface area contributed by atoms with Crippen molar-refractivity contribution in [1.29, 1.82) is 0 Å². The van der Waals surface area contributed by atoms with E-state index < -0.39 is 0 Å². The molecule has 4 rings (SSSR count). The highest BCUT2D eigenvalue weighted by Crippen LogP contribution is 2.30. The summed E-state index contributed by atoms with van der Waals surface area (Å²) in [5, 5.41) is 5.69. The van der Waals surface area contributed by atoms with Crippen LogP contribution in [-0.2, 0) is 11.3 Å². The number of carbonyl (C=O) groups excluding carboxylic acids is 1. The number of benzene rings is 1. The van der Waals surface area contributed by atoms with Gasteiger partial charge in [-0.2, -0.15) is 5.10 Å². The summed E-state index contributed by atoms with van der Waals surface area (Å²) in [4.78, 5) is 21.6. The number of hydrogen-bond donors (Lipinski definition) is 0. The molecule has 3 aromatic rings. The molecule has 7 nitrogen and oxygen atoms in total. The van der Waals surface area contributed by atoms with Gasteiger partial charge in [0, 0.05) is 43.6 Å². The van der Waals surface area contributed by atoms with Crippen LogP contribution in [0.3, 0.4) is 0 Å². The summed E-state index contributed by atoms with van der Waals surface area (Å²) in [6, 6.07) is 11.4. The Morgan fingerprint density at radius 1 is 1.09 bits per heavy atom. The van der Waals surface area contributed by atoms with Gasteiger partial charge in [0.05, 0.1) is 28.5 Å². The second kappa shape index (κ2) is 9.38. The standard InChI is InChI=1S/C23H25Cl2N5O2/c1-15-5-4-6-19(26-15)23-22(25)16(2)30(27-23)14-21(31)29-11-9-28(10-12-29)17-7-8-18(24)20(13-17)32-3/h4-8,13H,9-12,14H2,1-3H3. The zero-order valence-corrected chi connectivity index (χ0v) is 19.8. The van der Waals surface area contributed by atoms with Gasteiger partial charge in [-0.15, -0.1) is 0 Å². The molecular formula is C23H25Cl2N5O2. The molecule has 0 radical (unpaired) electrons. The van der Waals surface area contributed by atoms with Gasteiger partial charge in [-0.25, -0.2) is 0 Å². The van der Waals surface area contributed by atoms with Gasteiger partial charge >= 0.3 is 0 Å². The number of anilines is 1. The minimum atomic E-state index is 0.0179. The Bertz CT molecular complexity index is 1140. The van der Waals surface area contributed by atoms with Crippen LogP contribution in [0.1, 0.15) is 11.4 Å². The summed E-state index contributed by atoms with van der Waals surface area (Å²) < 4.78 is 6.98. The van der Waals surface area contributed by atoms with Gasteiger partial charge < -0.3 is 14.5 Å². The van der Waals surface area contributed by atoms with Crippen LogP contribution in [0.25, 0.3) is 11.4 Å². The number of aromatic nitrogens is 3. The first-order valence-electron chi connectivity index (χ1n) is 10.4. The quantitative estimate of drug-likeness (QED) is 0.554. The zero-order valence-electron chi connectivity index (χ0n) is 18.3. The maximum absolute atomic E-state index is 13.0. The molecule has 0 N–H and O–H groups in total. The molecule has 0 spiro atoms. The van der Waals surface area contributed by atoms with E-state index in [2.05, 4.69) is 15.0 Å². The van der Waals surface area contributed by atoms with Crippen molar-refractivity contribution in [3.05, 3.63) is 57.8 Å². The molecule has 1 aliphatic rings. The molecule has 0 unspecified atom stereocenters. The van der Waals surface area contributed by atoms with E-state index in [1.165, 1.54) is 0 Å². The molecule has 1 fully saturated rings. The normalized spacial score (nSPS) is 14.0. The number of rotatable bonds is 5. The summed E-state index contributed by atoms with van der Waals surface area (Å²) in [5.74, 6) is 0.664. The number of amides is 1. The summed E-state index contributed by atoms with van der Waals surface area (Å²) in [5.41, 5.74) is 3.98. The van der Waals surface area contributed by atoms with Crippen molar-refractivity contribution >= 4 is 34.8 Å². The van der Waals surface area contributed by atoms with E-state index in [1.807, 2.05) is 55.1 Å². The monoisotopic (exact) mass is 473 g/mol. The van der Waals surface area contributed by atoms with Gasteiger partial charge in [0.15, 0.2) is 0 Å². The fourth-order valence-electron chi connectivity index (χ4n) is 3.80. The average Bonchev–Trinajstić information content (AvgIpc) is 3.08. The number of piperazine rings is 1. The Morgan fingerprint density at radius 2 is 1.84 bits per heavy atom. The van der Waals surface area contributed by atoms with Crippen molar-refractivity contribution in [3.63, 3.8) is 0 Å². The maximum Gasteiger partial charge on any atom is 0.244 e. The number of methoxy groups -OCH3 is 1. The number of carbonyl (C=O) groups is 1. The molecule has 2 aromatic heterocycles. The van der Waals surface area contributed by atoms with Crippen molar-refractivity contribution < 1.29 is 9.53 Å². The van der Waals surface area contributed by atoms with Crippen LogP contribution in [0.15, 0.2) is 36.4 Å². The van der Waals surface area contributed by atoms with Gasteiger partial charge in [0.2, 0.25) is 5.91 Å². The summed E-state index contributed by atoms with van der Waals surface area (Å²) in [7, 11) is 1.60. The fourth-order valence-corrected chi connectivity index (χ4v) is 4.23. The van der Waals surface area contributed by atoms with Crippen LogP contribution in [-0.4, -0.2) is 58.9 Å². The molecule has 0 aliphatic carbocycles. The van der Waals surface area contributed by atoms with Gasteiger partial charge in [-0.3, -0.25) is 14.5 Å². The molecule has 0 saturated carbocycles. The van der Waals surface area contributed by atoms with Crippen LogP contribution in [0.2, 0.25) is 10.0 Å². The van der Waals surface area contributed by atoms with E-state index in [1.54, 1.807) is 11.8 Å². The smallest absolute Gasteiger partial charge is 0.244 e. The van der Waals surface area contributed by atoms with Crippen LogP contribution in [0.5, 0.6) is 5.75 Å². The summed E-state index contributed by atoms with van der Waals surface area (Å²) in [6.07, 6.45) is 0. The van der Waals surface area contributed by atoms with Crippen LogP contribution in [0.4, 0.5) is 5.69 Å². The average molecular weight is 474 g/mol. The highest BCUT2D eigenvalue weighted by atomic mass is 35.5. The number of halogens is 2. The number of aryl methyl sites for hydroxylation is 1. The Labute approximate surface area is 197 Å². The Hall–Kier alpha value is -2.77. The first-order valence-corrected chi connectivity index (χ1v) is 11.2. The molecule has 0 bridgehead atoms. The van der Waals surface area contributed by atoms with E-state index in [9.17, 15) is 4.79 Å². The lowest BCUT2D eigenvalue weighted by Crippen LogP contribution is -2.49. The van der Waals surface area contributed by atoms with E-state index in [0.717, 1.165) is 30.2 Å². The minimum absolute atomic E-state index is 0.0179. The van der Waals surface area contributed by atoms with E-state index in [-0.39, 0.29) is 12.5 Å². The van der Waals surface area contributed by atoms with Crippen molar-refractivity contribution in [1.82, 2.24) is 19.7 Å². The Morgan fingerprint density at radius 3 is 2.53 bits per heavy atom. The largest absolute Gasteiger partial charge is 0.495 e. The second-order valence-corrected chi connectivity index (χ2v) is 8.54. The number of pyridine rings is 1. The number of hydrogen-bond acceptors (Lipinski definition) is 5. The summed E-state index contributed by atoms with van der Waals surface area (Å²) >= 11 is 12.6. The molecule has 1 amide bonds. The third-order valence-electron chi connectivity index (χ3n) is 5.68. The predicted octanol–water partition coefficient (Wildman–Crippen LogP) is 4.23. The van der Waals surface area contributed by atoms with E-state index in [0.29, 0.717) is 40.3 Å². The number of nitrogens with zero attached hydrogens (tertiary/aromatic N) is 5. The first-order chi connectivity index (χ1) is 15.4. The molecule has 168 valence electrons. The SMILES string of the molecule is COc1cc(N2CCN(C(=O)Cn3nc(-c4cccc(C)n4)c(Cl)c3C)CC2)ccc1Cl. The van der Waals surface area contributed by atoms with Crippen molar-refractivity contribution in [2.45, 2.75) is 20.4 Å². The van der Waals surface area contributed by atoms with Crippen molar-refractivity contribution in [2.24, 2.45) is 0 Å². The molecule has 32 heavy (non-hydrogen) atoms. The molecule has 0 atom stereocenters. The predicted molar refractivity (Wildman–Crippen MR) is 127 cm³/mol. The molecule has 3 heterocycles. The van der Waals surface area contributed by atoms with E-state index >= 15 is 0 Å². The van der Waals surface area contributed by atoms with Gasteiger partial charge in [0.25, 0.3) is 0 Å². The minimum Gasteiger partial charge on any atom is -0.495 e. The molecule has 9 heteroatoms. The Kier molecular flexibility index (Phi) is 6.58. The van der Waals surface area contributed by atoms with Gasteiger partial charge in [-0.1, -0.05) is 29.3 Å². The first kappa shape index (κ1) is 22.4. The highest BCUT2D eigenvalue weighted by molar-refractivity contribution is 6.33. The lowest BCUT2D eigenvalue weighted by molar-refractivity contribution is -0.132. The van der Waals surface area contributed by atoms with Crippen LogP contribution < -0.4 is 9.64 Å². The van der Waals surface area contributed by atoms with Crippen molar-refractivity contribution in [2.75, 3.05) is 38.2 Å². The lowest BCUT2D eigenvalue weighted by atomic mass is 10.2. The molecular weight excluding hydrogens is 449 g/mol. The van der Waals surface area contributed by atoms with E-state index in [4.69, 9.17) is 27.9 Å². The van der Waals surface area contributed by atoms with Crippen LogP contribution >= 0.6 is 23.2 Å². The van der Waals surface area contributed by atoms with Gasteiger partial charge in [0.1, 0.15) is 18.0 Å². The van der Waals surface area contributed by atoms with Gasteiger partial charge in [-0.05, 0) is 38.1 Å². The highest BCUT2D eigenvalue weighted by Gasteiger charge is 2.24. The second-order valence-electron chi connectivity index (χ2n) is 7.76. The number of ether oxygens (including phenoxy) is 1.